The van der Waals surface area contributed by atoms with Crippen LogP contribution in [0.1, 0.15) is 18.1 Å². The monoisotopic (exact) mass is 759 g/mol. The zero-order chi connectivity index (χ0) is 38.5. The Balaban J connectivity index is 1.22. The van der Waals surface area contributed by atoms with Crippen LogP contribution in [0.2, 0.25) is 0 Å². The van der Waals surface area contributed by atoms with Crippen LogP contribution < -0.4 is 11.0 Å². The number of aliphatic imine (C=N–C) groups is 1. The smallest absolute Gasteiger partial charge is 0.240 e. The molecule has 4 aliphatic rings. The SMILES string of the molecule is C[C@@]12n3c4c5c6cccc7ccc8cccc(c5c3N=c3c5c9ccccc9c9ccccc9c5c(n31)=NC1=[N+]2C(=N4)c2c1c1cccc3ccc4cccc2c4c31)c8c76. The molecule has 1 atom stereocenters. The quantitative estimate of drug-likeness (QED) is 0.109. The van der Waals surface area contributed by atoms with E-state index in [1.54, 1.807) is 0 Å². The summed E-state index contributed by atoms with van der Waals surface area (Å²) >= 11 is 0. The maximum absolute atomic E-state index is 5.95. The lowest BCUT2D eigenvalue weighted by Gasteiger charge is -2.39. The lowest BCUT2D eigenvalue weighted by molar-refractivity contribution is -0.550. The summed E-state index contributed by atoms with van der Waals surface area (Å²) < 4.78 is 7.38. The Kier molecular flexibility index (Phi) is 4.48. The maximum atomic E-state index is 5.95. The van der Waals surface area contributed by atoms with Crippen LogP contribution in [-0.4, -0.2) is 25.4 Å². The average Bonchev–Trinajstić information content (AvgIpc) is 3.94. The molecule has 0 radical (unpaired) electrons. The molecule has 6 heterocycles. The molecule has 2 aromatic heterocycles. The highest BCUT2D eigenvalue weighted by Gasteiger charge is 2.58. The highest BCUT2D eigenvalue weighted by Crippen LogP contribution is 2.56. The average molecular weight is 760 g/mol. The third kappa shape index (κ3) is 2.83. The molecule has 4 aliphatic heterocycles. The molecule has 13 aromatic rings. The van der Waals surface area contributed by atoms with Crippen LogP contribution in [0.25, 0.3) is 108 Å². The van der Waals surface area contributed by atoms with Crippen molar-refractivity contribution in [2.24, 2.45) is 15.0 Å². The van der Waals surface area contributed by atoms with Crippen molar-refractivity contribution in [3.05, 3.63) is 168 Å². The second-order valence-corrected chi connectivity index (χ2v) is 17.3. The number of nitrogens with zero attached hydrogens (tertiary/aromatic N) is 6. The summed E-state index contributed by atoms with van der Waals surface area (Å²) in [6.45, 7) is 2.39. The van der Waals surface area contributed by atoms with Crippen molar-refractivity contribution in [2.75, 3.05) is 0 Å². The van der Waals surface area contributed by atoms with Crippen molar-refractivity contribution in [3.63, 3.8) is 0 Å². The molecule has 272 valence electrons. The van der Waals surface area contributed by atoms with E-state index in [0.29, 0.717) is 0 Å². The van der Waals surface area contributed by atoms with Crippen LogP contribution in [0.15, 0.2) is 161 Å². The first-order valence-corrected chi connectivity index (χ1v) is 20.8. The molecule has 0 saturated carbocycles. The fourth-order valence-electron chi connectivity index (χ4n) is 12.6. The van der Waals surface area contributed by atoms with Gasteiger partial charge in [-0.2, -0.15) is 4.58 Å². The highest BCUT2D eigenvalue weighted by molar-refractivity contribution is 6.39. The molecule has 6 heteroatoms. The van der Waals surface area contributed by atoms with Gasteiger partial charge in [0, 0.05) is 17.7 Å². The van der Waals surface area contributed by atoms with Gasteiger partial charge in [0.2, 0.25) is 11.3 Å². The molecule has 6 nitrogen and oxygen atoms in total. The number of rotatable bonds is 0. The van der Waals surface area contributed by atoms with Crippen molar-refractivity contribution in [2.45, 2.75) is 12.7 Å². The Hall–Kier alpha value is -7.96. The first kappa shape index (κ1) is 29.3. The van der Waals surface area contributed by atoms with E-state index in [-0.39, 0.29) is 0 Å². The molecular weight excluding hydrogens is 733 g/mol. The lowest BCUT2D eigenvalue weighted by Crippen LogP contribution is -2.62. The van der Waals surface area contributed by atoms with Gasteiger partial charge in [-0.3, -0.25) is 0 Å². The van der Waals surface area contributed by atoms with Crippen molar-refractivity contribution in [3.8, 4) is 0 Å². The summed E-state index contributed by atoms with van der Waals surface area (Å²) in [7, 11) is 0. The summed E-state index contributed by atoms with van der Waals surface area (Å²) in [5, 5.41) is 24.4. The first-order chi connectivity index (χ1) is 29.7. The molecule has 0 amide bonds. The van der Waals surface area contributed by atoms with E-state index in [9.17, 15) is 0 Å². The molecule has 0 bridgehead atoms. The Morgan fingerprint density at radius 3 is 1.35 bits per heavy atom. The topological polar surface area (TPSA) is 49.9 Å². The van der Waals surface area contributed by atoms with E-state index < -0.39 is 5.79 Å². The van der Waals surface area contributed by atoms with Gasteiger partial charge in [-0.15, -0.1) is 0 Å². The van der Waals surface area contributed by atoms with E-state index in [0.717, 1.165) is 67.0 Å². The standard InChI is InChI=1S/C54H27N6/c1-54-58-48-42-32-16-4-2-14-30(32)31-15-3-5-17-33(31)43(42)49(58)56-51-45-35-19-7-11-27-23-25-29-13-9-21-37(41(29)39(27)35)47(45)53(60(51)54)57-52-46-36-20-8-12-28-24-22-26-10-6-18-34(38(26)40(28)36)44(46)50(55-48)59(52)54/h2-25H,1H3/q+1. The minimum atomic E-state index is -0.830. The lowest BCUT2D eigenvalue weighted by atomic mass is 9.87. The summed E-state index contributed by atoms with van der Waals surface area (Å²) in [4.78, 5) is 17.8. The van der Waals surface area contributed by atoms with Gasteiger partial charge in [-0.1, -0.05) is 156 Å². The number of aromatic nitrogens is 2. The van der Waals surface area contributed by atoms with E-state index in [1.807, 2.05) is 0 Å². The number of hydrogen-bond acceptors (Lipinski definition) is 3. The van der Waals surface area contributed by atoms with Gasteiger partial charge >= 0.3 is 0 Å². The normalized spacial score (nSPS) is 17.4. The zero-order valence-corrected chi connectivity index (χ0v) is 32.0. The van der Waals surface area contributed by atoms with Crippen LogP contribution in [0.4, 0.5) is 11.6 Å². The molecule has 60 heavy (non-hydrogen) atoms. The second-order valence-electron chi connectivity index (χ2n) is 17.3. The van der Waals surface area contributed by atoms with E-state index in [2.05, 4.69) is 166 Å². The fourth-order valence-corrected chi connectivity index (χ4v) is 12.6. The highest BCUT2D eigenvalue weighted by atomic mass is 15.6. The van der Waals surface area contributed by atoms with Gasteiger partial charge in [0.15, 0.2) is 11.3 Å². The van der Waals surface area contributed by atoms with Crippen molar-refractivity contribution in [1.29, 1.82) is 0 Å². The van der Waals surface area contributed by atoms with Crippen LogP contribution in [0.3, 0.4) is 0 Å². The number of fused-ring (bicyclic) bond motifs is 18. The molecule has 0 unspecified atom stereocenters. The van der Waals surface area contributed by atoms with Crippen LogP contribution in [0.5, 0.6) is 0 Å². The molecular formula is C54H27N6+. The Labute approximate surface area is 338 Å². The minimum Gasteiger partial charge on any atom is -0.240 e. The van der Waals surface area contributed by atoms with Crippen LogP contribution in [-0.2, 0) is 5.79 Å². The van der Waals surface area contributed by atoms with Gasteiger partial charge in [0.1, 0.15) is 0 Å². The van der Waals surface area contributed by atoms with Crippen molar-refractivity contribution < 1.29 is 4.58 Å². The van der Waals surface area contributed by atoms with E-state index >= 15 is 0 Å². The largest absolute Gasteiger partial charge is 0.277 e. The van der Waals surface area contributed by atoms with Crippen LogP contribution in [0, 0.1) is 0 Å². The number of amidine groups is 2. The van der Waals surface area contributed by atoms with Crippen molar-refractivity contribution in [1.82, 2.24) is 9.13 Å². The number of hydrogen-bond donors (Lipinski definition) is 0. The summed E-state index contributed by atoms with van der Waals surface area (Å²) in [5.41, 5.74) is 4.18. The predicted octanol–water partition coefficient (Wildman–Crippen LogP) is 11.6. The molecule has 0 spiro atoms. The van der Waals surface area contributed by atoms with Gasteiger partial charge < -0.3 is 0 Å². The summed E-state index contributed by atoms with van der Waals surface area (Å²) in [6.07, 6.45) is 0. The molecule has 0 saturated heterocycles. The van der Waals surface area contributed by atoms with Gasteiger partial charge in [0.05, 0.1) is 21.9 Å². The molecule has 0 aliphatic carbocycles. The maximum Gasteiger partial charge on any atom is 0.277 e. The Morgan fingerprint density at radius 1 is 0.367 bits per heavy atom. The van der Waals surface area contributed by atoms with Gasteiger partial charge in [0.25, 0.3) is 17.5 Å². The molecule has 0 fully saturated rings. The molecule has 0 N–H and O–H groups in total. The zero-order valence-electron chi connectivity index (χ0n) is 32.0. The first-order valence-electron chi connectivity index (χ1n) is 20.8. The summed E-state index contributed by atoms with van der Waals surface area (Å²) in [5.74, 6) is 2.94. The van der Waals surface area contributed by atoms with Crippen LogP contribution >= 0.6 is 0 Å². The minimum absolute atomic E-state index is 0.830. The van der Waals surface area contributed by atoms with Gasteiger partial charge in [-0.25, -0.2) is 14.1 Å². The second kappa shape index (κ2) is 9.17. The molecule has 17 rings (SSSR count). The van der Waals surface area contributed by atoms with E-state index in [1.165, 1.54) is 86.2 Å². The number of benzene rings is 11. The third-order valence-electron chi connectivity index (χ3n) is 14.8. The Morgan fingerprint density at radius 2 is 0.800 bits per heavy atom. The van der Waals surface area contributed by atoms with Gasteiger partial charge in [-0.05, 0) is 86.2 Å². The van der Waals surface area contributed by atoms with E-state index in [4.69, 9.17) is 15.0 Å². The predicted molar refractivity (Wildman–Crippen MR) is 244 cm³/mol. The fraction of sp³-hybridized carbons (Fsp3) is 0.0370. The molecule has 11 aromatic carbocycles. The summed E-state index contributed by atoms with van der Waals surface area (Å²) in [6, 6.07) is 53.9. The van der Waals surface area contributed by atoms with Crippen molar-refractivity contribution >= 4 is 131 Å². The Bertz CT molecular complexity index is 4540. The third-order valence-corrected chi connectivity index (χ3v) is 14.8.